The van der Waals surface area contributed by atoms with Gasteiger partial charge in [-0.05, 0) is 38.5 Å². The quantitative estimate of drug-likeness (QED) is 0.446. The van der Waals surface area contributed by atoms with Crippen LogP contribution in [0.1, 0.15) is 65.7 Å². The Morgan fingerprint density at radius 3 is 2.53 bits per heavy atom. The lowest BCUT2D eigenvalue weighted by Crippen LogP contribution is -2.58. The van der Waals surface area contributed by atoms with Crippen LogP contribution in [0.15, 0.2) is 24.3 Å². The molecule has 5 aliphatic rings. The van der Waals surface area contributed by atoms with Crippen molar-refractivity contribution >= 4 is 29.5 Å². The van der Waals surface area contributed by atoms with Crippen LogP contribution in [0.4, 0.5) is 0 Å². The highest BCUT2D eigenvalue weighted by molar-refractivity contribution is 8.02. The molecule has 4 heterocycles. The molecule has 1 N–H and O–H groups in total. The fraction of sp³-hybridized carbons (Fsp3) is 0.750. The predicted octanol–water partition coefficient (Wildman–Crippen LogP) is 3.32. The fourth-order valence-electron chi connectivity index (χ4n) is 7.38. The fourth-order valence-corrected chi connectivity index (χ4v) is 9.52. The van der Waals surface area contributed by atoms with Crippen LogP contribution >= 0.6 is 11.8 Å². The summed E-state index contributed by atoms with van der Waals surface area (Å²) in [5, 5.41) is 10.4. The zero-order valence-electron chi connectivity index (χ0n) is 21.7. The molecule has 0 aromatic heterocycles. The maximum Gasteiger partial charge on any atom is 0.311 e. The summed E-state index contributed by atoms with van der Waals surface area (Å²) in [6, 6.07) is -1.05. The summed E-state index contributed by atoms with van der Waals surface area (Å²) in [6.07, 6.45) is 14.8. The minimum absolute atomic E-state index is 0.0346. The number of likely N-dealkylation sites (tertiary alicyclic amines) is 1. The standard InChI is InChI=1S/C28H40N2O5S/c1-18(2)16-20(17-31)30-23-25(33)29(19-10-5-4-6-11-19)14-9-13-28(23)21(24(30)32)22-26(34)35-15-8-7-12-27(22,3)36-28/h7,9,12-13,18-23,31H,4-6,8,10-11,14-17H2,1-3H3/t20-,21+,22+,23?,27-,28+/m1/s1. The number of ether oxygens (including phenoxy) is 1. The number of nitrogens with zero attached hydrogens (tertiary/aromatic N) is 2. The Bertz CT molecular complexity index is 960. The summed E-state index contributed by atoms with van der Waals surface area (Å²) in [4.78, 5) is 46.0. The maximum atomic E-state index is 14.5. The van der Waals surface area contributed by atoms with Crippen LogP contribution in [0, 0.1) is 17.8 Å². The minimum atomic E-state index is -0.880. The van der Waals surface area contributed by atoms with Crippen LogP contribution < -0.4 is 0 Å². The molecule has 1 aliphatic carbocycles. The highest BCUT2D eigenvalue weighted by Gasteiger charge is 2.74. The smallest absolute Gasteiger partial charge is 0.311 e. The first-order valence-electron chi connectivity index (χ1n) is 13.7. The lowest BCUT2D eigenvalue weighted by molar-refractivity contribution is -0.155. The average Bonchev–Trinajstić information content (AvgIpc) is 3.17. The van der Waals surface area contributed by atoms with Crippen molar-refractivity contribution in [2.45, 2.75) is 93.3 Å². The highest BCUT2D eigenvalue weighted by atomic mass is 32.2. The van der Waals surface area contributed by atoms with E-state index in [1.807, 2.05) is 17.9 Å². The van der Waals surface area contributed by atoms with E-state index < -0.39 is 33.4 Å². The van der Waals surface area contributed by atoms with Crippen molar-refractivity contribution in [3.63, 3.8) is 0 Å². The molecule has 1 unspecified atom stereocenters. The van der Waals surface area contributed by atoms with E-state index >= 15 is 0 Å². The van der Waals surface area contributed by atoms with E-state index in [0.29, 0.717) is 26.0 Å². The van der Waals surface area contributed by atoms with Gasteiger partial charge in [-0.3, -0.25) is 14.4 Å². The molecule has 2 amide bonds. The molecular weight excluding hydrogens is 476 g/mol. The number of esters is 1. The third-order valence-electron chi connectivity index (χ3n) is 8.85. The molecule has 5 rings (SSSR count). The summed E-state index contributed by atoms with van der Waals surface area (Å²) in [5.74, 6) is -1.74. The van der Waals surface area contributed by atoms with E-state index in [2.05, 4.69) is 32.1 Å². The number of rotatable bonds is 5. The molecule has 0 aromatic rings. The second kappa shape index (κ2) is 9.82. The Labute approximate surface area is 218 Å². The van der Waals surface area contributed by atoms with Crippen molar-refractivity contribution in [2.75, 3.05) is 19.8 Å². The zero-order chi connectivity index (χ0) is 25.7. The number of cyclic esters (lactones) is 1. The van der Waals surface area contributed by atoms with Crippen molar-refractivity contribution in [1.29, 1.82) is 0 Å². The lowest BCUT2D eigenvalue weighted by atomic mass is 9.74. The van der Waals surface area contributed by atoms with Gasteiger partial charge < -0.3 is 19.6 Å². The topological polar surface area (TPSA) is 87.2 Å². The number of amides is 2. The maximum absolute atomic E-state index is 14.5. The van der Waals surface area contributed by atoms with Crippen molar-refractivity contribution in [1.82, 2.24) is 9.80 Å². The van der Waals surface area contributed by atoms with Gasteiger partial charge in [-0.15, -0.1) is 11.8 Å². The highest BCUT2D eigenvalue weighted by Crippen LogP contribution is 2.65. The van der Waals surface area contributed by atoms with E-state index in [4.69, 9.17) is 4.74 Å². The second-order valence-corrected chi connectivity index (χ2v) is 13.5. The Morgan fingerprint density at radius 2 is 1.83 bits per heavy atom. The molecule has 0 aromatic carbocycles. The lowest BCUT2D eigenvalue weighted by Gasteiger charge is -2.42. The first kappa shape index (κ1) is 25.8. The molecule has 7 nitrogen and oxygen atoms in total. The molecule has 0 radical (unpaired) electrons. The summed E-state index contributed by atoms with van der Waals surface area (Å²) in [6.45, 7) is 6.74. The molecule has 1 saturated carbocycles. The van der Waals surface area contributed by atoms with Gasteiger partial charge in [-0.25, -0.2) is 0 Å². The molecule has 2 saturated heterocycles. The Balaban J connectivity index is 1.64. The Hall–Kier alpha value is -1.80. The molecular formula is C28H40N2O5S. The molecule has 4 aliphatic heterocycles. The zero-order valence-corrected chi connectivity index (χ0v) is 22.5. The first-order chi connectivity index (χ1) is 17.2. The first-order valence-corrected chi connectivity index (χ1v) is 14.5. The molecule has 8 heteroatoms. The van der Waals surface area contributed by atoms with Gasteiger partial charge in [0.15, 0.2) is 0 Å². The molecule has 198 valence electrons. The Morgan fingerprint density at radius 1 is 1.08 bits per heavy atom. The molecule has 6 atom stereocenters. The van der Waals surface area contributed by atoms with Gasteiger partial charge in [0, 0.05) is 17.3 Å². The van der Waals surface area contributed by atoms with E-state index in [-0.39, 0.29) is 36.4 Å². The van der Waals surface area contributed by atoms with Gasteiger partial charge in [0.25, 0.3) is 0 Å². The number of carbonyl (C=O) groups is 3. The average molecular weight is 517 g/mol. The third-order valence-corrected chi connectivity index (χ3v) is 10.6. The Kier molecular flexibility index (Phi) is 7.05. The molecule has 1 spiro atoms. The molecule has 36 heavy (non-hydrogen) atoms. The van der Waals surface area contributed by atoms with Crippen molar-refractivity contribution < 1.29 is 24.2 Å². The van der Waals surface area contributed by atoms with E-state index in [9.17, 15) is 19.5 Å². The van der Waals surface area contributed by atoms with Crippen molar-refractivity contribution in [3.05, 3.63) is 24.3 Å². The predicted molar refractivity (Wildman–Crippen MR) is 139 cm³/mol. The molecule has 0 bridgehead atoms. The SMILES string of the molecule is CC(C)C[C@H](CO)N1C(=O)[C@@H]2[C@H]3C(=O)OCCC=C[C@@]3(C)S[C@@]23C=CCN(C2CCCCC2)C(=O)C13. The second-order valence-electron chi connectivity index (χ2n) is 11.8. The number of hydrogen-bond acceptors (Lipinski definition) is 6. The minimum Gasteiger partial charge on any atom is -0.465 e. The van der Waals surface area contributed by atoms with Crippen LogP contribution in [0.3, 0.4) is 0 Å². The van der Waals surface area contributed by atoms with E-state index in [1.165, 1.54) is 6.42 Å². The van der Waals surface area contributed by atoms with E-state index in [0.717, 1.165) is 25.7 Å². The summed E-state index contributed by atoms with van der Waals surface area (Å²) >= 11 is 1.58. The van der Waals surface area contributed by atoms with Crippen LogP contribution in [-0.2, 0) is 19.1 Å². The number of fused-ring (bicyclic) bond motifs is 2. The number of aliphatic hydroxyl groups excluding tert-OH is 1. The number of hydrogen-bond donors (Lipinski definition) is 1. The van der Waals surface area contributed by atoms with Gasteiger partial charge in [-0.1, -0.05) is 57.4 Å². The number of carbonyl (C=O) groups excluding carboxylic acids is 3. The normalized spacial score (nSPS) is 37.8. The molecule has 3 fully saturated rings. The van der Waals surface area contributed by atoms with Gasteiger partial charge in [0.05, 0.1) is 35.8 Å². The monoisotopic (exact) mass is 516 g/mol. The van der Waals surface area contributed by atoms with Crippen LogP contribution in [-0.4, -0.2) is 80.1 Å². The van der Waals surface area contributed by atoms with Gasteiger partial charge in [0.2, 0.25) is 11.8 Å². The van der Waals surface area contributed by atoms with Gasteiger partial charge in [0.1, 0.15) is 6.04 Å². The van der Waals surface area contributed by atoms with Crippen LogP contribution in [0.2, 0.25) is 0 Å². The van der Waals surface area contributed by atoms with Crippen molar-refractivity contribution in [3.8, 4) is 0 Å². The third kappa shape index (κ3) is 4.03. The number of aliphatic hydroxyl groups is 1. The largest absolute Gasteiger partial charge is 0.465 e. The summed E-state index contributed by atoms with van der Waals surface area (Å²) < 4.78 is 4.08. The summed E-state index contributed by atoms with van der Waals surface area (Å²) in [5.41, 5.74) is 0. The van der Waals surface area contributed by atoms with E-state index in [1.54, 1.807) is 16.7 Å². The summed E-state index contributed by atoms with van der Waals surface area (Å²) in [7, 11) is 0. The van der Waals surface area contributed by atoms with Gasteiger partial charge in [-0.2, -0.15) is 0 Å². The van der Waals surface area contributed by atoms with Crippen LogP contribution in [0.25, 0.3) is 0 Å². The van der Waals surface area contributed by atoms with Gasteiger partial charge >= 0.3 is 5.97 Å². The number of thioether (sulfide) groups is 1. The van der Waals surface area contributed by atoms with Crippen LogP contribution in [0.5, 0.6) is 0 Å². The van der Waals surface area contributed by atoms with Crippen molar-refractivity contribution in [2.24, 2.45) is 17.8 Å².